The molecule has 7 heteroatoms. The highest BCUT2D eigenvalue weighted by atomic mass is 16.3. The van der Waals surface area contributed by atoms with E-state index in [0.717, 1.165) is 0 Å². The van der Waals surface area contributed by atoms with Crippen LogP contribution in [0.15, 0.2) is 57.9 Å². The van der Waals surface area contributed by atoms with Gasteiger partial charge in [0.15, 0.2) is 5.76 Å². The number of pyridine rings is 1. The average Bonchev–Trinajstić information content (AvgIpc) is 3.06. The first-order chi connectivity index (χ1) is 10.6. The van der Waals surface area contributed by atoms with Gasteiger partial charge in [0.2, 0.25) is 5.56 Å². The second-order valence-corrected chi connectivity index (χ2v) is 4.48. The molecule has 0 radical (unpaired) electrons. The second kappa shape index (κ2) is 5.57. The number of carbonyl (C=O) groups is 2. The van der Waals surface area contributed by atoms with Crippen LogP contribution in [0, 0.1) is 0 Å². The van der Waals surface area contributed by atoms with Gasteiger partial charge in [0.1, 0.15) is 0 Å². The fourth-order valence-electron chi connectivity index (χ4n) is 2.04. The lowest BCUT2D eigenvalue weighted by molar-refractivity contribution is 0.0831. The fourth-order valence-corrected chi connectivity index (χ4v) is 2.04. The van der Waals surface area contributed by atoms with Crippen molar-refractivity contribution >= 4 is 22.7 Å². The van der Waals surface area contributed by atoms with Crippen LogP contribution in [-0.2, 0) is 0 Å². The zero-order valence-corrected chi connectivity index (χ0v) is 11.3. The van der Waals surface area contributed by atoms with Crippen LogP contribution >= 0.6 is 0 Å². The van der Waals surface area contributed by atoms with Gasteiger partial charge in [-0.3, -0.25) is 25.2 Å². The molecule has 22 heavy (non-hydrogen) atoms. The number of para-hydroxylation sites is 1. The summed E-state index contributed by atoms with van der Waals surface area (Å²) >= 11 is 0. The van der Waals surface area contributed by atoms with E-state index < -0.39 is 17.4 Å². The number of nitrogens with one attached hydrogen (secondary N) is 3. The Bertz CT molecular complexity index is 897. The SMILES string of the molecule is O=C(NNC(=O)c1cc(=O)[nH]c2ccccc12)c1ccco1. The summed E-state index contributed by atoms with van der Waals surface area (Å²) in [5, 5.41) is 0.576. The highest BCUT2D eigenvalue weighted by molar-refractivity contribution is 6.06. The van der Waals surface area contributed by atoms with Crippen molar-refractivity contribution in [3.8, 4) is 0 Å². The maximum Gasteiger partial charge on any atom is 0.305 e. The molecule has 1 aromatic carbocycles. The zero-order valence-electron chi connectivity index (χ0n) is 11.3. The Morgan fingerprint density at radius 1 is 1.00 bits per heavy atom. The normalized spacial score (nSPS) is 10.4. The molecule has 2 amide bonds. The first-order valence-electron chi connectivity index (χ1n) is 6.41. The first kappa shape index (κ1) is 13.6. The van der Waals surface area contributed by atoms with Gasteiger partial charge in [-0.15, -0.1) is 0 Å². The lowest BCUT2D eigenvalue weighted by atomic mass is 10.1. The molecule has 0 saturated carbocycles. The third-order valence-electron chi connectivity index (χ3n) is 3.03. The first-order valence-corrected chi connectivity index (χ1v) is 6.41. The third-order valence-corrected chi connectivity index (χ3v) is 3.03. The van der Waals surface area contributed by atoms with E-state index >= 15 is 0 Å². The Labute approximate surface area is 123 Å². The van der Waals surface area contributed by atoms with Crippen molar-refractivity contribution in [3.63, 3.8) is 0 Å². The Morgan fingerprint density at radius 3 is 2.55 bits per heavy atom. The van der Waals surface area contributed by atoms with Crippen LogP contribution < -0.4 is 16.4 Å². The summed E-state index contributed by atoms with van der Waals surface area (Å²) < 4.78 is 4.90. The van der Waals surface area contributed by atoms with Gasteiger partial charge in [0, 0.05) is 17.0 Å². The number of hydrogen-bond acceptors (Lipinski definition) is 4. The molecule has 7 nitrogen and oxygen atoms in total. The van der Waals surface area contributed by atoms with E-state index in [-0.39, 0.29) is 11.3 Å². The number of furan rings is 1. The Hall–Kier alpha value is -3.35. The van der Waals surface area contributed by atoms with Gasteiger partial charge in [0.05, 0.1) is 11.8 Å². The minimum Gasteiger partial charge on any atom is -0.459 e. The van der Waals surface area contributed by atoms with Gasteiger partial charge < -0.3 is 9.40 Å². The molecule has 0 bridgehead atoms. The van der Waals surface area contributed by atoms with Crippen LogP contribution in [0.25, 0.3) is 10.9 Å². The number of aromatic amines is 1. The number of fused-ring (bicyclic) bond motifs is 1. The summed E-state index contributed by atoms with van der Waals surface area (Å²) in [4.78, 5) is 38.1. The molecular formula is C15H11N3O4. The molecule has 0 aliphatic heterocycles. The highest BCUT2D eigenvalue weighted by Gasteiger charge is 2.14. The minimum absolute atomic E-state index is 0.0658. The Balaban J connectivity index is 1.83. The van der Waals surface area contributed by atoms with Crippen LogP contribution in [-0.4, -0.2) is 16.8 Å². The lowest BCUT2D eigenvalue weighted by Crippen LogP contribution is -2.41. The lowest BCUT2D eigenvalue weighted by Gasteiger charge is -2.08. The summed E-state index contributed by atoms with van der Waals surface area (Å²) in [7, 11) is 0. The van der Waals surface area contributed by atoms with Crippen LogP contribution in [0.2, 0.25) is 0 Å². The standard InChI is InChI=1S/C15H11N3O4/c19-13-8-10(9-4-1-2-5-11(9)16-13)14(20)17-18-15(21)12-6-3-7-22-12/h1-8H,(H,16,19)(H,17,20)(H,18,21). The van der Waals surface area contributed by atoms with Gasteiger partial charge in [-0.2, -0.15) is 0 Å². The van der Waals surface area contributed by atoms with Crippen molar-refractivity contribution in [1.29, 1.82) is 0 Å². The van der Waals surface area contributed by atoms with E-state index in [9.17, 15) is 14.4 Å². The van der Waals surface area contributed by atoms with Crippen molar-refractivity contribution in [2.75, 3.05) is 0 Å². The summed E-state index contributed by atoms with van der Waals surface area (Å²) in [5.41, 5.74) is 4.78. The van der Waals surface area contributed by atoms with E-state index in [0.29, 0.717) is 10.9 Å². The van der Waals surface area contributed by atoms with Crippen molar-refractivity contribution < 1.29 is 14.0 Å². The molecule has 3 aromatic rings. The predicted octanol–water partition coefficient (Wildman–Crippen LogP) is 1.20. The minimum atomic E-state index is -0.595. The second-order valence-electron chi connectivity index (χ2n) is 4.48. The number of hydrazine groups is 1. The number of benzene rings is 1. The molecule has 3 N–H and O–H groups in total. The van der Waals surface area contributed by atoms with Crippen molar-refractivity contribution in [3.05, 3.63) is 70.4 Å². The van der Waals surface area contributed by atoms with Crippen LogP contribution in [0.5, 0.6) is 0 Å². The van der Waals surface area contributed by atoms with Crippen molar-refractivity contribution in [2.45, 2.75) is 0 Å². The maximum atomic E-state index is 12.2. The summed E-state index contributed by atoms with van der Waals surface area (Å²) in [6.07, 6.45) is 1.35. The molecule has 0 atom stereocenters. The van der Waals surface area contributed by atoms with Crippen molar-refractivity contribution in [1.82, 2.24) is 15.8 Å². The summed E-state index contributed by atoms with van der Waals surface area (Å²) in [6, 6.07) is 11.1. The number of aromatic nitrogens is 1. The highest BCUT2D eigenvalue weighted by Crippen LogP contribution is 2.14. The van der Waals surface area contributed by atoms with Crippen LogP contribution in [0.3, 0.4) is 0 Å². The molecule has 0 saturated heterocycles. The molecule has 3 rings (SSSR count). The largest absolute Gasteiger partial charge is 0.459 e. The number of amides is 2. The molecule has 0 aliphatic rings. The molecule has 2 aromatic heterocycles. The average molecular weight is 297 g/mol. The fraction of sp³-hybridized carbons (Fsp3) is 0. The van der Waals surface area contributed by atoms with Gasteiger partial charge in [0.25, 0.3) is 5.91 Å². The Kier molecular flexibility index (Phi) is 3.45. The van der Waals surface area contributed by atoms with Gasteiger partial charge >= 0.3 is 5.91 Å². The summed E-state index contributed by atoms with van der Waals surface area (Å²) in [5.74, 6) is -1.12. The molecule has 0 fully saturated rings. The molecular weight excluding hydrogens is 286 g/mol. The quantitative estimate of drug-likeness (QED) is 0.618. The molecule has 0 unspecified atom stereocenters. The smallest absolute Gasteiger partial charge is 0.305 e. The maximum absolute atomic E-state index is 12.2. The number of rotatable bonds is 2. The van der Waals surface area contributed by atoms with Gasteiger partial charge in [-0.1, -0.05) is 18.2 Å². The topological polar surface area (TPSA) is 104 Å². The summed E-state index contributed by atoms with van der Waals surface area (Å²) in [6.45, 7) is 0. The molecule has 2 heterocycles. The molecule has 0 aliphatic carbocycles. The predicted molar refractivity (Wildman–Crippen MR) is 78.2 cm³/mol. The monoisotopic (exact) mass is 297 g/mol. The molecule has 110 valence electrons. The number of hydrogen-bond donors (Lipinski definition) is 3. The number of H-pyrrole nitrogens is 1. The van der Waals surface area contributed by atoms with Crippen LogP contribution in [0.1, 0.15) is 20.9 Å². The van der Waals surface area contributed by atoms with E-state index in [4.69, 9.17) is 4.42 Å². The van der Waals surface area contributed by atoms with E-state index in [2.05, 4.69) is 15.8 Å². The van der Waals surface area contributed by atoms with Gasteiger partial charge in [-0.05, 0) is 18.2 Å². The zero-order chi connectivity index (χ0) is 15.5. The van der Waals surface area contributed by atoms with E-state index in [1.807, 2.05) is 0 Å². The third kappa shape index (κ3) is 2.59. The number of carbonyl (C=O) groups excluding carboxylic acids is 2. The van der Waals surface area contributed by atoms with E-state index in [1.165, 1.54) is 18.4 Å². The Morgan fingerprint density at radius 2 is 1.77 bits per heavy atom. The van der Waals surface area contributed by atoms with E-state index in [1.54, 1.807) is 30.3 Å². The van der Waals surface area contributed by atoms with Crippen LogP contribution in [0.4, 0.5) is 0 Å². The van der Waals surface area contributed by atoms with Crippen molar-refractivity contribution in [2.24, 2.45) is 0 Å². The molecule has 0 spiro atoms. The van der Waals surface area contributed by atoms with Gasteiger partial charge in [-0.25, -0.2) is 0 Å².